The smallest absolute Gasteiger partial charge is 0.315 e. The lowest BCUT2D eigenvalue weighted by Crippen LogP contribution is -2.40. The van der Waals surface area contributed by atoms with E-state index in [0.717, 1.165) is 22.3 Å². The van der Waals surface area contributed by atoms with Crippen LogP contribution in [0.15, 0.2) is 42.5 Å². The highest BCUT2D eigenvalue weighted by molar-refractivity contribution is 5.74. The molecule has 0 radical (unpaired) electrons. The highest BCUT2D eigenvalue weighted by Gasteiger charge is 2.31. The number of amides is 2. The van der Waals surface area contributed by atoms with Crippen LogP contribution in [0.1, 0.15) is 33.9 Å². The van der Waals surface area contributed by atoms with Crippen LogP contribution in [0.2, 0.25) is 0 Å². The second-order valence-electron chi connectivity index (χ2n) is 6.20. The minimum absolute atomic E-state index is 0.259. The second-order valence-corrected chi connectivity index (χ2v) is 6.20. The number of carbonyl (C=O) groups excluding carboxylic acids is 1. The molecule has 1 aliphatic carbocycles. The standard InChI is InChI=1S/C19H22N2O2/c1-12-7-8-15(13(2)9-12)11-20-19(23)21-18-16-6-4-3-5-14(16)10-17(18)22/h3-9,17-18,22H,10-11H2,1-2H3,(H2,20,21,23). The van der Waals surface area contributed by atoms with Crippen molar-refractivity contribution in [2.75, 3.05) is 0 Å². The van der Waals surface area contributed by atoms with Crippen molar-refractivity contribution in [1.29, 1.82) is 0 Å². The van der Waals surface area contributed by atoms with Gasteiger partial charge in [0.05, 0.1) is 12.1 Å². The normalized spacial score (nSPS) is 19.3. The molecule has 0 aliphatic heterocycles. The molecule has 0 saturated heterocycles. The Bertz CT molecular complexity index is 727. The number of nitrogens with one attached hydrogen (secondary N) is 2. The summed E-state index contributed by atoms with van der Waals surface area (Å²) in [5.41, 5.74) is 5.57. The van der Waals surface area contributed by atoms with Crippen LogP contribution in [0.3, 0.4) is 0 Å². The molecule has 4 nitrogen and oxygen atoms in total. The maximum absolute atomic E-state index is 12.2. The molecule has 1 aliphatic rings. The molecule has 0 heterocycles. The van der Waals surface area contributed by atoms with E-state index in [-0.39, 0.29) is 12.1 Å². The Kier molecular flexibility index (Phi) is 4.35. The van der Waals surface area contributed by atoms with E-state index >= 15 is 0 Å². The number of aliphatic hydroxyl groups is 1. The van der Waals surface area contributed by atoms with Gasteiger partial charge in [0.15, 0.2) is 0 Å². The number of carbonyl (C=O) groups is 1. The second kappa shape index (κ2) is 6.42. The summed E-state index contributed by atoms with van der Waals surface area (Å²) < 4.78 is 0. The van der Waals surface area contributed by atoms with Crippen molar-refractivity contribution in [3.8, 4) is 0 Å². The van der Waals surface area contributed by atoms with Crippen LogP contribution < -0.4 is 10.6 Å². The number of aryl methyl sites for hydroxylation is 2. The zero-order valence-electron chi connectivity index (χ0n) is 13.5. The Hall–Kier alpha value is -2.33. The summed E-state index contributed by atoms with van der Waals surface area (Å²) in [5.74, 6) is 0. The summed E-state index contributed by atoms with van der Waals surface area (Å²) in [6.07, 6.45) is 0.0114. The van der Waals surface area contributed by atoms with E-state index in [2.05, 4.69) is 23.6 Å². The van der Waals surface area contributed by atoms with Gasteiger partial charge in [0.25, 0.3) is 0 Å². The van der Waals surface area contributed by atoms with Crippen LogP contribution in [0.25, 0.3) is 0 Å². The average molecular weight is 310 g/mol. The van der Waals surface area contributed by atoms with Crippen molar-refractivity contribution in [2.45, 2.75) is 39.0 Å². The van der Waals surface area contributed by atoms with E-state index in [0.29, 0.717) is 13.0 Å². The van der Waals surface area contributed by atoms with E-state index in [1.807, 2.05) is 43.3 Å². The molecule has 2 unspecified atom stereocenters. The summed E-state index contributed by atoms with van der Waals surface area (Å²) in [6, 6.07) is 13.4. The maximum atomic E-state index is 12.2. The van der Waals surface area contributed by atoms with Gasteiger partial charge in [0.1, 0.15) is 0 Å². The molecule has 23 heavy (non-hydrogen) atoms. The minimum atomic E-state index is -0.570. The monoisotopic (exact) mass is 310 g/mol. The van der Waals surface area contributed by atoms with Gasteiger partial charge < -0.3 is 15.7 Å². The molecule has 2 aromatic rings. The number of urea groups is 1. The third-order valence-electron chi connectivity index (χ3n) is 4.43. The summed E-state index contributed by atoms with van der Waals surface area (Å²) in [4.78, 5) is 12.2. The molecule has 4 heteroatoms. The van der Waals surface area contributed by atoms with Crippen LogP contribution in [0.5, 0.6) is 0 Å². The van der Waals surface area contributed by atoms with Crippen molar-refractivity contribution >= 4 is 6.03 Å². The van der Waals surface area contributed by atoms with Gasteiger partial charge in [-0.2, -0.15) is 0 Å². The van der Waals surface area contributed by atoms with Crippen molar-refractivity contribution in [1.82, 2.24) is 10.6 Å². The van der Waals surface area contributed by atoms with Gasteiger partial charge in [0, 0.05) is 13.0 Å². The topological polar surface area (TPSA) is 61.4 Å². The Morgan fingerprint density at radius 1 is 1.22 bits per heavy atom. The zero-order valence-corrected chi connectivity index (χ0v) is 13.5. The van der Waals surface area contributed by atoms with Gasteiger partial charge in [-0.3, -0.25) is 0 Å². The van der Waals surface area contributed by atoms with Crippen LogP contribution in [0, 0.1) is 13.8 Å². The predicted octanol–water partition coefficient (Wildman–Crippen LogP) is 2.76. The number of hydrogen-bond acceptors (Lipinski definition) is 2. The molecule has 0 bridgehead atoms. The van der Waals surface area contributed by atoms with Gasteiger partial charge in [-0.15, -0.1) is 0 Å². The molecule has 2 aromatic carbocycles. The van der Waals surface area contributed by atoms with Crippen molar-refractivity contribution in [3.63, 3.8) is 0 Å². The lowest BCUT2D eigenvalue weighted by atomic mass is 10.1. The number of fused-ring (bicyclic) bond motifs is 1. The van der Waals surface area contributed by atoms with E-state index < -0.39 is 6.10 Å². The summed E-state index contributed by atoms with van der Waals surface area (Å²) in [5, 5.41) is 15.9. The number of benzene rings is 2. The SMILES string of the molecule is Cc1ccc(CNC(=O)NC2c3ccccc3CC2O)c(C)c1. The highest BCUT2D eigenvalue weighted by atomic mass is 16.3. The van der Waals surface area contributed by atoms with E-state index in [1.54, 1.807) is 0 Å². The molecular formula is C19H22N2O2. The minimum Gasteiger partial charge on any atom is -0.390 e. The molecule has 0 saturated carbocycles. The quantitative estimate of drug-likeness (QED) is 0.816. The third-order valence-corrected chi connectivity index (χ3v) is 4.43. The Morgan fingerprint density at radius 3 is 2.78 bits per heavy atom. The Labute approximate surface area is 136 Å². The van der Waals surface area contributed by atoms with Crippen molar-refractivity contribution in [3.05, 3.63) is 70.3 Å². The number of hydrogen-bond donors (Lipinski definition) is 3. The predicted molar refractivity (Wildman–Crippen MR) is 90.2 cm³/mol. The average Bonchev–Trinajstić information content (AvgIpc) is 2.82. The van der Waals surface area contributed by atoms with Crippen LogP contribution in [-0.4, -0.2) is 17.2 Å². The third kappa shape index (κ3) is 3.37. The molecule has 2 atom stereocenters. The highest BCUT2D eigenvalue weighted by Crippen LogP contribution is 2.31. The molecule has 0 spiro atoms. The molecule has 120 valence electrons. The zero-order chi connectivity index (χ0) is 16.4. The van der Waals surface area contributed by atoms with Gasteiger partial charge in [-0.1, -0.05) is 48.0 Å². The first-order valence-corrected chi connectivity index (χ1v) is 7.91. The first kappa shape index (κ1) is 15.6. The molecule has 0 aromatic heterocycles. The van der Waals surface area contributed by atoms with Crippen molar-refractivity contribution < 1.29 is 9.90 Å². The van der Waals surface area contributed by atoms with Crippen molar-refractivity contribution in [2.24, 2.45) is 0 Å². The van der Waals surface area contributed by atoms with Gasteiger partial charge in [-0.05, 0) is 36.1 Å². The van der Waals surface area contributed by atoms with Crippen LogP contribution in [0.4, 0.5) is 4.79 Å². The Morgan fingerprint density at radius 2 is 2.00 bits per heavy atom. The number of rotatable bonds is 3. The Balaban J connectivity index is 1.62. The fourth-order valence-corrected chi connectivity index (χ4v) is 3.16. The molecule has 2 amide bonds. The lowest BCUT2D eigenvalue weighted by molar-refractivity contribution is 0.142. The summed E-state index contributed by atoms with van der Waals surface area (Å²) >= 11 is 0. The van der Waals surface area contributed by atoms with E-state index in [1.165, 1.54) is 5.56 Å². The first-order chi connectivity index (χ1) is 11.0. The van der Waals surface area contributed by atoms with Gasteiger partial charge in [0.2, 0.25) is 0 Å². The first-order valence-electron chi connectivity index (χ1n) is 7.91. The lowest BCUT2D eigenvalue weighted by Gasteiger charge is -2.18. The van der Waals surface area contributed by atoms with E-state index in [4.69, 9.17) is 0 Å². The fourth-order valence-electron chi connectivity index (χ4n) is 3.16. The molecule has 0 fully saturated rings. The maximum Gasteiger partial charge on any atom is 0.315 e. The summed E-state index contributed by atoms with van der Waals surface area (Å²) in [6.45, 7) is 4.57. The molecule has 3 rings (SSSR count). The molecule has 3 N–H and O–H groups in total. The molecular weight excluding hydrogens is 288 g/mol. The van der Waals surface area contributed by atoms with Crippen LogP contribution >= 0.6 is 0 Å². The van der Waals surface area contributed by atoms with Crippen LogP contribution in [-0.2, 0) is 13.0 Å². The van der Waals surface area contributed by atoms with Gasteiger partial charge >= 0.3 is 6.03 Å². The number of aliphatic hydroxyl groups excluding tert-OH is 1. The van der Waals surface area contributed by atoms with Gasteiger partial charge in [-0.25, -0.2) is 4.79 Å². The largest absolute Gasteiger partial charge is 0.390 e. The fraction of sp³-hybridized carbons (Fsp3) is 0.316. The van der Waals surface area contributed by atoms with E-state index in [9.17, 15) is 9.90 Å². The summed E-state index contributed by atoms with van der Waals surface area (Å²) in [7, 11) is 0.